The first-order chi connectivity index (χ1) is 13.6. The first kappa shape index (κ1) is 17.8. The van der Waals surface area contributed by atoms with Crippen molar-refractivity contribution in [2.45, 2.75) is 30.9 Å². The number of aryl methyl sites for hydroxylation is 1. The summed E-state index contributed by atoms with van der Waals surface area (Å²) < 4.78 is 8.15. The molecule has 7 heteroatoms. The number of aromatic nitrogens is 3. The number of hydrogen-bond acceptors (Lipinski definition) is 5. The van der Waals surface area contributed by atoms with Crippen molar-refractivity contribution in [1.29, 1.82) is 0 Å². The van der Waals surface area contributed by atoms with E-state index in [2.05, 4.69) is 25.9 Å². The summed E-state index contributed by atoms with van der Waals surface area (Å²) in [7, 11) is 1.93. The lowest BCUT2D eigenvalue weighted by Crippen LogP contribution is -2.60. The van der Waals surface area contributed by atoms with E-state index in [-0.39, 0.29) is 11.8 Å². The van der Waals surface area contributed by atoms with Crippen LogP contribution in [0.3, 0.4) is 0 Å². The van der Waals surface area contributed by atoms with Gasteiger partial charge < -0.3 is 9.64 Å². The molecule has 3 aliphatic rings. The molecule has 148 valence electrons. The van der Waals surface area contributed by atoms with E-state index in [1.165, 1.54) is 12.8 Å². The Kier molecular flexibility index (Phi) is 4.44. The van der Waals surface area contributed by atoms with Gasteiger partial charge in [-0.1, -0.05) is 6.07 Å². The van der Waals surface area contributed by atoms with E-state index < -0.39 is 5.60 Å². The Morgan fingerprint density at radius 2 is 2.21 bits per heavy atom. The molecular formula is C21H27N5O2. The minimum atomic E-state index is -0.807. The van der Waals surface area contributed by atoms with Gasteiger partial charge in [0.05, 0.1) is 12.8 Å². The Labute approximate surface area is 165 Å². The van der Waals surface area contributed by atoms with Crippen molar-refractivity contribution < 1.29 is 9.53 Å². The molecule has 0 N–H and O–H groups in total. The fraction of sp³-hybridized carbons (Fsp3) is 0.571. The van der Waals surface area contributed by atoms with Crippen LogP contribution in [0, 0.1) is 5.92 Å². The lowest BCUT2D eigenvalue weighted by atomic mass is 9.83. The van der Waals surface area contributed by atoms with Crippen LogP contribution in [0.5, 0.6) is 0 Å². The minimum absolute atomic E-state index is 0.00706. The van der Waals surface area contributed by atoms with Crippen LogP contribution >= 0.6 is 0 Å². The monoisotopic (exact) mass is 381 g/mol. The minimum Gasteiger partial charge on any atom is -0.361 e. The highest BCUT2D eigenvalue weighted by atomic mass is 16.5. The first-order valence-corrected chi connectivity index (χ1v) is 10.2. The highest BCUT2D eigenvalue weighted by molar-refractivity contribution is 5.88. The van der Waals surface area contributed by atoms with Gasteiger partial charge in [-0.05, 0) is 30.4 Å². The van der Waals surface area contributed by atoms with Gasteiger partial charge in [-0.25, -0.2) is 0 Å². The molecule has 1 amide bonds. The summed E-state index contributed by atoms with van der Waals surface area (Å²) in [6, 6.07) is 4.02. The predicted octanol–water partition coefficient (Wildman–Crippen LogP) is 1.42. The summed E-state index contributed by atoms with van der Waals surface area (Å²) in [5.41, 5.74) is 1.43. The van der Waals surface area contributed by atoms with Crippen molar-refractivity contribution in [3.8, 4) is 0 Å². The Morgan fingerprint density at radius 1 is 1.32 bits per heavy atom. The van der Waals surface area contributed by atoms with Crippen LogP contribution < -0.4 is 0 Å². The van der Waals surface area contributed by atoms with Gasteiger partial charge in [0, 0.05) is 69.8 Å². The third kappa shape index (κ3) is 3.22. The second-order valence-electron chi connectivity index (χ2n) is 8.46. The van der Waals surface area contributed by atoms with Crippen LogP contribution in [0.4, 0.5) is 0 Å². The van der Waals surface area contributed by atoms with Crippen molar-refractivity contribution in [2.75, 3.05) is 32.8 Å². The molecule has 2 saturated heterocycles. The van der Waals surface area contributed by atoms with Gasteiger partial charge in [0.2, 0.25) is 0 Å². The number of carbonyl (C=O) groups is 1. The van der Waals surface area contributed by atoms with Crippen LogP contribution in [0.25, 0.3) is 0 Å². The van der Waals surface area contributed by atoms with Crippen molar-refractivity contribution >= 4 is 5.91 Å². The molecule has 3 fully saturated rings. The highest BCUT2D eigenvalue weighted by Crippen LogP contribution is 2.43. The quantitative estimate of drug-likeness (QED) is 0.784. The van der Waals surface area contributed by atoms with Crippen LogP contribution in [-0.4, -0.2) is 68.9 Å². The topological polar surface area (TPSA) is 63.5 Å². The zero-order chi connectivity index (χ0) is 19.1. The SMILES string of the molecule is Cn1cc(CN2C[C@H](c3cccnc3)[C@]3(C2)OCCN(CC2CC2)C3=O)cn1. The Morgan fingerprint density at radius 3 is 2.93 bits per heavy atom. The lowest BCUT2D eigenvalue weighted by molar-refractivity contribution is -0.172. The molecule has 1 aliphatic carbocycles. The van der Waals surface area contributed by atoms with Crippen LogP contribution in [0.1, 0.15) is 29.9 Å². The van der Waals surface area contributed by atoms with Crippen molar-refractivity contribution in [3.63, 3.8) is 0 Å². The fourth-order valence-electron chi connectivity index (χ4n) is 4.72. The second kappa shape index (κ2) is 6.97. The number of amides is 1. The van der Waals surface area contributed by atoms with Gasteiger partial charge in [-0.3, -0.25) is 19.4 Å². The van der Waals surface area contributed by atoms with Gasteiger partial charge in [0.25, 0.3) is 5.91 Å². The number of rotatable bonds is 5. The molecule has 0 unspecified atom stereocenters. The second-order valence-corrected chi connectivity index (χ2v) is 8.46. The molecule has 1 saturated carbocycles. The Bertz CT molecular complexity index is 849. The molecule has 7 nitrogen and oxygen atoms in total. The zero-order valence-electron chi connectivity index (χ0n) is 16.3. The molecule has 0 radical (unpaired) electrons. The summed E-state index contributed by atoms with van der Waals surface area (Å²) in [5, 5.41) is 4.28. The number of ether oxygens (including phenoxy) is 1. The molecule has 28 heavy (non-hydrogen) atoms. The number of carbonyl (C=O) groups excluding carboxylic acids is 1. The standard InChI is InChI=1S/C21H27N5O2/c1-24-11-17(9-23-24)12-25-14-19(18-3-2-6-22-10-18)21(15-25)20(27)26(7-8-28-21)13-16-4-5-16/h2-3,6,9-11,16,19H,4-5,7-8,12-15H2,1H3/t19-,21+/m1/s1. The average molecular weight is 381 g/mol. The van der Waals surface area contributed by atoms with Gasteiger partial charge in [-0.2, -0.15) is 5.10 Å². The van der Waals surface area contributed by atoms with Gasteiger partial charge in [-0.15, -0.1) is 0 Å². The molecule has 4 heterocycles. The number of nitrogens with zero attached hydrogens (tertiary/aromatic N) is 5. The summed E-state index contributed by atoms with van der Waals surface area (Å²) in [6.07, 6.45) is 10.1. The van der Waals surface area contributed by atoms with Crippen molar-refractivity contribution in [3.05, 3.63) is 48.0 Å². The Hall–Kier alpha value is -2.25. The van der Waals surface area contributed by atoms with Gasteiger partial charge in [0.15, 0.2) is 5.60 Å². The molecule has 1 spiro atoms. The first-order valence-electron chi connectivity index (χ1n) is 10.2. The van der Waals surface area contributed by atoms with E-state index >= 15 is 0 Å². The molecule has 2 atom stereocenters. The molecule has 0 aromatic carbocycles. The largest absolute Gasteiger partial charge is 0.361 e. The molecule has 2 aromatic heterocycles. The van der Waals surface area contributed by atoms with Crippen LogP contribution in [-0.2, 0) is 23.1 Å². The third-order valence-corrected chi connectivity index (χ3v) is 6.26. The van der Waals surface area contributed by atoms with E-state index in [0.29, 0.717) is 25.6 Å². The number of pyridine rings is 1. The summed E-state index contributed by atoms with van der Waals surface area (Å²) in [6.45, 7) is 4.36. The van der Waals surface area contributed by atoms with E-state index in [1.807, 2.05) is 36.4 Å². The summed E-state index contributed by atoms with van der Waals surface area (Å²) >= 11 is 0. The Balaban J connectivity index is 1.44. The van der Waals surface area contributed by atoms with E-state index in [0.717, 1.165) is 30.8 Å². The maximum Gasteiger partial charge on any atom is 0.256 e. The fourth-order valence-corrected chi connectivity index (χ4v) is 4.72. The highest BCUT2D eigenvalue weighted by Gasteiger charge is 2.57. The van der Waals surface area contributed by atoms with E-state index in [9.17, 15) is 4.79 Å². The zero-order valence-corrected chi connectivity index (χ0v) is 16.3. The predicted molar refractivity (Wildman–Crippen MR) is 103 cm³/mol. The maximum atomic E-state index is 13.6. The normalized spacial score (nSPS) is 28.4. The van der Waals surface area contributed by atoms with E-state index in [4.69, 9.17) is 4.74 Å². The van der Waals surface area contributed by atoms with Crippen molar-refractivity contribution in [1.82, 2.24) is 24.6 Å². The lowest BCUT2D eigenvalue weighted by Gasteiger charge is -2.42. The number of hydrogen-bond donors (Lipinski definition) is 0. The number of likely N-dealkylation sites (tertiary alicyclic amines) is 1. The van der Waals surface area contributed by atoms with Crippen LogP contribution in [0.15, 0.2) is 36.9 Å². The summed E-state index contributed by atoms with van der Waals surface area (Å²) in [5.74, 6) is 0.837. The average Bonchev–Trinajstić information content (AvgIpc) is 3.32. The van der Waals surface area contributed by atoms with Gasteiger partial charge in [0.1, 0.15) is 0 Å². The number of morpholine rings is 1. The van der Waals surface area contributed by atoms with Gasteiger partial charge >= 0.3 is 0 Å². The smallest absolute Gasteiger partial charge is 0.256 e. The third-order valence-electron chi connectivity index (χ3n) is 6.26. The molecule has 2 aliphatic heterocycles. The van der Waals surface area contributed by atoms with E-state index in [1.54, 1.807) is 6.20 Å². The van der Waals surface area contributed by atoms with Crippen LogP contribution in [0.2, 0.25) is 0 Å². The summed E-state index contributed by atoms with van der Waals surface area (Å²) in [4.78, 5) is 22.3. The molecule has 2 aromatic rings. The molecule has 0 bridgehead atoms. The molecular weight excluding hydrogens is 354 g/mol. The molecule has 5 rings (SSSR count). The maximum absolute atomic E-state index is 13.6. The van der Waals surface area contributed by atoms with Crippen molar-refractivity contribution in [2.24, 2.45) is 13.0 Å².